The summed E-state index contributed by atoms with van der Waals surface area (Å²) in [6.07, 6.45) is 5.55. The van der Waals surface area contributed by atoms with Gasteiger partial charge in [0.15, 0.2) is 0 Å². The van der Waals surface area contributed by atoms with Crippen LogP contribution in [-0.2, 0) is 14.3 Å². The molecule has 14 nitrogen and oxygen atoms in total. The smallest absolute Gasteiger partial charge is 0.407 e. The fourth-order valence-electron chi connectivity index (χ4n) is 6.93. The van der Waals surface area contributed by atoms with Crippen molar-refractivity contribution < 1.29 is 23.9 Å². The highest BCUT2D eigenvalue weighted by Crippen LogP contribution is 2.34. The third-order valence-corrected chi connectivity index (χ3v) is 10.3. The van der Waals surface area contributed by atoms with Gasteiger partial charge in [0.25, 0.3) is 5.91 Å². The van der Waals surface area contributed by atoms with Crippen LogP contribution in [0.3, 0.4) is 0 Å². The maximum atomic E-state index is 13.1. The number of hydrogen-bond acceptors (Lipinski definition) is 9. The summed E-state index contributed by atoms with van der Waals surface area (Å²) in [5.74, 6) is 1.59. The number of hydrogen-bond donors (Lipinski definition) is 3. The highest BCUT2D eigenvalue weighted by Gasteiger charge is 2.39. The number of ether oxygens (including phenoxy) is 1. The lowest BCUT2D eigenvalue weighted by molar-refractivity contribution is -0.133. The Bertz CT molecular complexity index is 1930. The van der Waals surface area contributed by atoms with E-state index in [0.717, 1.165) is 54.1 Å². The van der Waals surface area contributed by atoms with Crippen LogP contribution in [0.1, 0.15) is 41.5 Å². The highest BCUT2D eigenvalue weighted by molar-refractivity contribution is 6.04. The topological polar surface area (TPSA) is 156 Å². The van der Waals surface area contributed by atoms with Crippen LogP contribution in [-0.4, -0.2) is 120 Å². The fraction of sp³-hybridized carbons (Fsp3) is 0.385. The minimum atomic E-state index is -0.648. The van der Waals surface area contributed by atoms with Gasteiger partial charge in [0.05, 0.1) is 24.4 Å². The van der Waals surface area contributed by atoms with Crippen molar-refractivity contribution in [1.82, 2.24) is 35.0 Å². The second kappa shape index (κ2) is 15.5. The number of carbonyl (C=O) groups is 4. The number of aromatic nitrogens is 3. The molecule has 2 aliphatic heterocycles. The van der Waals surface area contributed by atoms with Crippen LogP contribution in [0, 0.1) is 5.92 Å². The third-order valence-electron chi connectivity index (χ3n) is 10.3. The van der Waals surface area contributed by atoms with Gasteiger partial charge in [-0.25, -0.2) is 14.8 Å². The van der Waals surface area contributed by atoms with Gasteiger partial charge in [-0.1, -0.05) is 36.4 Å². The lowest BCUT2D eigenvalue weighted by atomic mass is 10.0. The number of methoxy groups -OCH3 is 1. The number of anilines is 2. The lowest BCUT2D eigenvalue weighted by Crippen LogP contribution is -2.49. The number of imidazole rings is 1. The number of pyridine rings is 1. The van der Waals surface area contributed by atoms with Crippen molar-refractivity contribution in [2.24, 2.45) is 5.92 Å². The lowest BCUT2D eigenvalue weighted by Gasteiger charge is -2.35. The molecule has 7 rings (SSSR count). The van der Waals surface area contributed by atoms with E-state index in [1.807, 2.05) is 79.8 Å². The van der Waals surface area contributed by atoms with Gasteiger partial charge in [0.1, 0.15) is 18.2 Å². The summed E-state index contributed by atoms with van der Waals surface area (Å²) in [4.78, 5) is 70.7. The molecule has 3 fully saturated rings. The van der Waals surface area contributed by atoms with E-state index < -0.39 is 6.09 Å². The molecule has 0 bridgehead atoms. The zero-order valence-electron chi connectivity index (χ0n) is 30.2. The summed E-state index contributed by atoms with van der Waals surface area (Å²) in [5.41, 5.74) is 4.85. The number of likely N-dealkylation sites (N-methyl/N-ethyl adjacent to an activating group) is 1. The molecule has 0 radical (unpaired) electrons. The molecule has 276 valence electrons. The quantitative estimate of drug-likeness (QED) is 0.221. The predicted octanol–water partition coefficient (Wildman–Crippen LogP) is 4.01. The summed E-state index contributed by atoms with van der Waals surface area (Å²) in [7, 11) is 5.24. The molecule has 2 saturated heterocycles. The largest absolute Gasteiger partial charge is 0.453 e. The zero-order valence-corrected chi connectivity index (χ0v) is 30.2. The van der Waals surface area contributed by atoms with Crippen molar-refractivity contribution in [3.05, 3.63) is 84.4 Å². The van der Waals surface area contributed by atoms with E-state index in [2.05, 4.69) is 35.1 Å². The number of benzene rings is 2. The summed E-state index contributed by atoms with van der Waals surface area (Å²) in [6.45, 7) is 3.24. The molecule has 1 aliphatic carbocycles. The predicted molar refractivity (Wildman–Crippen MR) is 200 cm³/mol. The van der Waals surface area contributed by atoms with Gasteiger partial charge < -0.3 is 40.0 Å². The van der Waals surface area contributed by atoms with Crippen molar-refractivity contribution in [1.29, 1.82) is 0 Å². The zero-order chi connectivity index (χ0) is 37.1. The Balaban J connectivity index is 0.937. The van der Waals surface area contributed by atoms with Crippen LogP contribution in [0.2, 0.25) is 0 Å². The van der Waals surface area contributed by atoms with Gasteiger partial charge in [-0.3, -0.25) is 14.4 Å². The standard InChI is InChI=1S/C39H45N9O5/c1-45(2)31-20-33(48(24-31)35(49)23-42-39(52)53-3)36-41-22-32(44-36)27-6-4-25(5-7-27)26-10-13-30(14-11-26)43-37(50)29-12-15-34(40-21-29)46-16-18-47(19-17-46)38(51)28-8-9-28/h4-7,10-15,21-22,28,31,33H,8-9,16-20,23-24H2,1-3H3,(H,41,44)(H,42,52)(H,43,50). The molecule has 2 atom stereocenters. The number of aromatic amines is 1. The molecular weight excluding hydrogens is 674 g/mol. The number of alkyl carbamates (subject to hydrolysis) is 1. The number of H-pyrrole nitrogens is 1. The molecule has 4 amide bonds. The number of carbonyl (C=O) groups excluding carboxylic acids is 4. The number of likely N-dealkylation sites (tertiary alicyclic amines) is 1. The van der Waals surface area contributed by atoms with Crippen LogP contribution < -0.4 is 15.5 Å². The summed E-state index contributed by atoms with van der Waals surface area (Å²) in [5, 5.41) is 5.44. The average molecular weight is 720 g/mol. The van der Waals surface area contributed by atoms with Gasteiger partial charge in [-0.2, -0.15) is 0 Å². The Morgan fingerprint density at radius 1 is 0.906 bits per heavy atom. The Morgan fingerprint density at radius 3 is 2.21 bits per heavy atom. The Labute approximate surface area is 308 Å². The Morgan fingerprint density at radius 2 is 1.58 bits per heavy atom. The van der Waals surface area contributed by atoms with Gasteiger partial charge in [-0.05, 0) is 68.8 Å². The number of amides is 4. The van der Waals surface area contributed by atoms with Crippen molar-refractivity contribution >= 4 is 35.3 Å². The van der Waals surface area contributed by atoms with E-state index in [1.54, 1.807) is 17.2 Å². The molecule has 0 spiro atoms. The first-order chi connectivity index (χ1) is 25.7. The van der Waals surface area contributed by atoms with E-state index in [-0.39, 0.29) is 42.3 Å². The van der Waals surface area contributed by atoms with E-state index in [4.69, 9.17) is 4.98 Å². The summed E-state index contributed by atoms with van der Waals surface area (Å²) in [6, 6.07) is 19.3. The Hall–Kier alpha value is -5.76. The van der Waals surface area contributed by atoms with Gasteiger partial charge in [-0.15, -0.1) is 0 Å². The monoisotopic (exact) mass is 719 g/mol. The van der Waals surface area contributed by atoms with Crippen LogP contribution in [0.4, 0.5) is 16.3 Å². The molecule has 4 heterocycles. The van der Waals surface area contributed by atoms with E-state index >= 15 is 0 Å². The molecule has 53 heavy (non-hydrogen) atoms. The first-order valence-electron chi connectivity index (χ1n) is 18.0. The number of piperazine rings is 1. The van der Waals surface area contributed by atoms with E-state index in [0.29, 0.717) is 43.1 Å². The maximum absolute atomic E-state index is 13.1. The molecule has 2 aromatic heterocycles. The molecule has 4 aromatic rings. The van der Waals surface area contributed by atoms with E-state index in [9.17, 15) is 19.2 Å². The molecule has 2 unspecified atom stereocenters. The molecule has 3 aliphatic rings. The number of nitrogens with zero attached hydrogens (tertiary/aromatic N) is 6. The molecule has 2 aromatic carbocycles. The second-order valence-electron chi connectivity index (χ2n) is 14.0. The second-order valence-corrected chi connectivity index (χ2v) is 14.0. The van der Waals surface area contributed by atoms with Crippen molar-refractivity contribution in [3.63, 3.8) is 0 Å². The fourth-order valence-corrected chi connectivity index (χ4v) is 6.93. The molecule has 14 heteroatoms. The van der Waals surface area contributed by atoms with Crippen LogP contribution >= 0.6 is 0 Å². The average Bonchev–Trinajstić information content (AvgIpc) is 3.75. The van der Waals surface area contributed by atoms with Gasteiger partial charge >= 0.3 is 6.09 Å². The van der Waals surface area contributed by atoms with Crippen LogP contribution in [0.5, 0.6) is 0 Å². The minimum absolute atomic E-state index is 0.151. The Kier molecular flexibility index (Phi) is 10.4. The SMILES string of the molecule is COC(=O)NCC(=O)N1CC(N(C)C)CC1c1nc(-c2ccc(-c3ccc(NC(=O)c4ccc(N5CCN(C(=O)C6CC6)CC5)nc4)cc3)cc2)c[nH]1. The van der Waals surface area contributed by atoms with Crippen molar-refractivity contribution in [3.8, 4) is 22.4 Å². The first-order valence-corrected chi connectivity index (χ1v) is 18.0. The van der Waals surface area contributed by atoms with Crippen molar-refractivity contribution in [2.75, 3.05) is 70.7 Å². The van der Waals surface area contributed by atoms with Crippen molar-refractivity contribution in [2.45, 2.75) is 31.3 Å². The van der Waals surface area contributed by atoms with Crippen LogP contribution in [0.15, 0.2) is 73.1 Å². The molecular formula is C39H45N9O5. The van der Waals surface area contributed by atoms with E-state index in [1.165, 1.54) is 7.11 Å². The normalized spacial score (nSPS) is 18.6. The van der Waals surface area contributed by atoms with Gasteiger partial charge in [0.2, 0.25) is 11.8 Å². The minimum Gasteiger partial charge on any atom is -0.453 e. The highest BCUT2D eigenvalue weighted by atomic mass is 16.5. The van der Waals surface area contributed by atoms with Gasteiger partial charge in [0, 0.05) is 68.3 Å². The summed E-state index contributed by atoms with van der Waals surface area (Å²) >= 11 is 0. The number of rotatable bonds is 10. The molecule has 3 N–H and O–H groups in total. The summed E-state index contributed by atoms with van der Waals surface area (Å²) < 4.78 is 4.61. The third kappa shape index (κ3) is 8.17. The van der Waals surface area contributed by atoms with Crippen LogP contribution in [0.25, 0.3) is 22.4 Å². The number of nitrogens with one attached hydrogen (secondary N) is 3. The maximum Gasteiger partial charge on any atom is 0.407 e. The first kappa shape index (κ1) is 35.6. The molecule has 1 saturated carbocycles.